The van der Waals surface area contributed by atoms with Gasteiger partial charge in [-0.05, 0) is 29.8 Å². The number of furan rings is 1. The number of carbonyl (C=O) groups is 1. The number of hydrogen-bond donors (Lipinski definition) is 1. The van der Waals surface area contributed by atoms with Gasteiger partial charge in [-0.25, -0.2) is 9.18 Å². The summed E-state index contributed by atoms with van der Waals surface area (Å²) in [7, 11) is 0. The molecule has 0 unspecified atom stereocenters. The zero-order valence-corrected chi connectivity index (χ0v) is 15.7. The Balaban J connectivity index is 1.46. The zero-order valence-electron chi connectivity index (χ0n) is 14.9. The van der Waals surface area contributed by atoms with Gasteiger partial charge in [-0.1, -0.05) is 23.7 Å². The van der Waals surface area contributed by atoms with Crippen molar-refractivity contribution in [2.24, 2.45) is 0 Å². The number of ether oxygens (including phenoxy) is 1. The second-order valence-electron chi connectivity index (χ2n) is 6.64. The zero-order chi connectivity index (χ0) is 19.7. The summed E-state index contributed by atoms with van der Waals surface area (Å²) < 4.78 is 23.3. The van der Waals surface area contributed by atoms with Crippen LogP contribution in [0.15, 0.2) is 46.9 Å². The highest BCUT2D eigenvalue weighted by Gasteiger charge is 2.21. The lowest BCUT2D eigenvalue weighted by Crippen LogP contribution is -2.46. The normalized spacial score (nSPS) is 15.1. The number of nitrogens with zero attached hydrogens (tertiary/aromatic N) is 2. The topological polar surface area (TPSA) is 66.2 Å². The lowest BCUT2D eigenvalue weighted by molar-refractivity contribution is 0.134. The fourth-order valence-electron chi connectivity index (χ4n) is 3.46. The van der Waals surface area contributed by atoms with Crippen molar-refractivity contribution in [3.8, 4) is 5.95 Å². The molecule has 0 spiro atoms. The molecule has 28 heavy (non-hydrogen) atoms. The van der Waals surface area contributed by atoms with E-state index in [2.05, 4.69) is 14.5 Å². The van der Waals surface area contributed by atoms with E-state index in [1.165, 1.54) is 12.1 Å². The van der Waals surface area contributed by atoms with E-state index in [1.54, 1.807) is 18.2 Å². The maximum absolute atomic E-state index is 13.4. The van der Waals surface area contributed by atoms with Crippen LogP contribution in [0, 0.1) is 5.82 Å². The number of halogens is 2. The largest absolute Gasteiger partial charge is 0.513 e. The highest BCUT2D eigenvalue weighted by atomic mass is 35.5. The summed E-state index contributed by atoms with van der Waals surface area (Å²) in [5.74, 6) is -0.330. The summed E-state index contributed by atoms with van der Waals surface area (Å²) in [5.41, 5.74) is 2.29. The summed E-state index contributed by atoms with van der Waals surface area (Å²) in [6.45, 7) is 3.90. The molecule has 0 radical (unpaired) electrons. The molecule has 0 bridgehead atoms. The molecule has 2 aromatic carbocycles. The first kappa shape index (κ1) is 18.6. The number of benzene rings is 2. The van der Waals surface area contributed by atoms with Crippen molar-refractivity contribution >= 4 is 34.4 Å². The SMILES string of the molecule is O=C(O)Oc1cc2c(Cl)c(N3CCN(Cc4cccc(F)c4)CC3)ccc2o1. The molecule has 1 fully saturated rings. The average molecular weight is 405 g/mol. The first-order valence-electron chi connectivity index (χ1n) is 8.84. The van der Waals surface area contributed by atoms with E-state index in [-0.39, 0.29) is 11.8 Å². The number of anilines is 1. The fourth-order valence-corrected chi connectivity index (χ4v) is 3.79. The maximum atomic E-state index is 13.4. The molecular weight excluding hydrogens is 387 g/mol. The quantitative estimate of drug-likeness (QED) is 0.641. The van der Waals surface area contributed by atoms with Crippen molar-refractivity contribution in [2.75, 3.05) is 31.1 Å². The average Bonchev–Trinajstić information content (AvgIpc) is 3.06. The highest BCUT2D eigenvalue weighted by molar-refractivity contribution is 6.38. The van der Waals surface area contributed by atoms with Gasteiger partial charge >= 0.3 is 6.16 Å². The van der Waals surface area contributed by atoms with Crippen LogP contribution in [0.5, 0.6) is 5.95 Å². The Labute approximate surface area is 165 Å². The molecule has 1 N–H and O–H groups in total. The van der Waals surface area contributed by atoms with Crippen molar-refractivity contribution in [3.63, 3.8) is 0 Å². The summed E-state index contributed by atoms with van der Waals surface area (Å²) in [4.78, 5) is 15.1. The summed E-state index contributed by atoms with van der Waals surface area (Å²) >= 11 is 6.55. The van der Waals surface area contributed by atoms with Crippen LogP contribution in [0.3, 0.4) is 0 Å². The Kier molecular flexibility index (Phi) is 5.11. The predicted molar refractivity (Wildman–Crippen MR) is 104 cm³/mol. The minimum absolute atomic E-state index is 0.110. The van der Waals surface area contributed by atoms with Gasteiger partial charge in [-0.2, -0.15) is 0 Å². The van der Waals surface area contributed by atoms with Crippen LogP contribution in [0.1, 0.15) is 5.56 Å². The summed E-state index contributed by atoms with van der Waals surface area (Å²) in [6.07, 6.45) is -1.44. The van der Waals surface area contributed by atoms with Gasteiger partial charge < -0.3 is 19.2 Å². The van der Waals surface area contributed by atoms with Gasteiger partial charge in [0, 0.05) is 44.2 Å². The van der Waals surface area contributed by atoms with Crippen LogP contribution in [-0.4, -0.2) is 42.3 Å². The molecule has 8 heteroatoms. The Morgan fingerprint density at radius 3 is 2.68 bits per heavy atom. The molecule has 4 rings (SSSR count). The number of piperazine rings is 1. The number of carboxylic acid groups (broad SMARTS) is 1. The number of fused-ring (bicyclic) bond motifs is 1. The molecule has 1 aliphatic rings. The molecule has 1 saturated heterocycles. The molecule has 1 aliphatic heterocycles. The monoisotopic (exact) mass is 404 g/mol. The van der Waals surface area contributed by atoms with E-state index in [0.717, 1.165) is 37.4 Å². The second-order valence-corrected chi connectivity index (χ2v) is 7.01. The van der Waals surface area contributed by atoms with Crippen molar-refractivity contribution in [1.29, 1.82) is 0 Å². The molecule has 0 saturated carbocycles. The molecule has 0 aliphatic carbocycles. The molecule has 0 atom stereocenters. The van der Waals surface area contributed by atoms with E-state index in [1.807, 2.05) is 12.1 Å². The Bertz CT molecular complexity index is 1010. The third-order valence-electron chi connectivity index (χ3n) is 4.79. The van der Waals surface area contributed by atoms with Crippen molar-refractivity contribution in [1.82, 2.24) is 4.90 Å². The van der Waals surface area contributed by atoms with Crippen molar-refractivity contribution in [2.45, 2.75) is 6.54 Å². The van der Waals surface area contributed by atoms with Gasteiger partial charge in [0.15, 0.2) is 0 Å². The Hall–Kier alpha value is -2.77. The maximum Gasteiger partial charge on any atom is 0.513 e. The van der Waals surface area contributed by atoms with Gasteiger partial charge in [-0.3, -0.25) is 4.90 Å². The molecule has 2 heterocycles. The van der Waals surface area contributed by atoms with Gasteiger partial charge in [-0.15, -0.1) is 0 Å². The van der Waals surface area contributed by atoms with Gasteiger partial charge in [0.1, 0.15) is 11.4 Å². The smallest absolute Gasteiger partial charge is 0.449 e. The van der Waals surface area contributed by atoms with Crippen LogP contribution in [0.2, 0.25) is 5.02 Å². The summed E-state index contributed by atoms with van der Waals surface area (Å²) in [6, 6.07) is 11.8. The van der Waals surface area contributed by atoms with Gasteiger partial charge in [0.05, 0.1) is 10.7 Å². The van der Waals surface area contributed by atoms with E-state index < -0.39 is 6.16 Å². The van der Waals surface area contributed by atoms with Crippen molar-refractivity contribution < 1.29 is 23.4 Å². The molecule has 1 aromatic heterocycles. The van der Waals surface area contributed by atoms with E-state index in [4.69, 9.17) is 21.1 Å². The van der Waals surface area contributed by atoms with E-state index >= 15 is 0 Å². The fraction of sp³-hybridized carbons (Fsp3) is 0.250. The van der Waals surface area contributed by atoms with Crippen LogP contribution in [-0.2, 0) is 6.54 Å². The summed E-state index contributed by atoms with van der Waals surface area (Å²) in [5, 5.41) is 9.83. The predicted octanol–water partition coefficient (Wildman–Crippen LogP) is 4.60. The lowest BCUT2D eigenvalue weighted by atomic mass is 10.1. The van der Waals surface area contributed by atoms with Crippen LogP contribution in [0.25, 0.3) is 11.0 Å². The first-order valence-corrected chi connectivity index (χ1v) is 9.22. The van der Waals surface area contributed by atoms with Gasteiger partial charge in [0.2, 0.25) is 0 Å². The minimum atomic E-state index is -1.44. The molecule has 3 aromatic rings. The second kappa shape index (κ2) is 7.69. The van der Waals surface area contributed by atoms with Crippen LogP contribution < -0.4 is 9.64 Å². The molecule has 146 valence electrons. The number of rotatable bonds is 4. The lowest BCUT2D eigenvalue weighted by Gasteiger charge is -2.36. The Morgan fingerprint density at radius 1 is 1.18 bits per heavy atom. The third-order valence-corrected chi connectivity index (χ3v) is 5.19. The number of hydrogen-bond acceptors (Lipinski definition) is 5. The first-order chi connectivity index (χ1) is 13.5. The van der Waals surface area contributed by atoms with E-state index in [0.29, 0.717) is 22.5 Å². The Morgan fingerprint density at radius 2 is 1.96 bits per heavy atom. The standard InChI is InChI=1S/C20H18ClFN2O4/c21-19-15-11-18(28-20(25)26)27-17(15)5-4-16(19)24-8-6-23(7-9-24)12-13-2-1-3-14(22)10-13/h1-5,10-11H,6-9,12H2,(H,25,26). The minimum Gasteiger partial charge on any atom is -0.449 e. The molecule has 6 nitrogen and oxygen atoms in total. The highest BCUT2D eigenvalue weighted by Crippen LogP contribution is 2.37. The van der Waals surface area contributed by atoms with Gasteiger partial charge in [0.25, 0.3) is 5.95 Å². The van der Waals surface area contributed by atoms with E-state index in [9.17, 15) is 9.18 Å². The third kappa shape index (κ3) is 3.90. The molecular formula is C20H18ClFN2O4. The van der Waals surface area contributed by atoms with Crippen LogP contribution >= 0.6 is 11.6 Å². The van der Waals surface area contributed by atoms with Crippen molar-refractivity contribution in [3.05, 3.63) is 58.9 Å². The molecule has 0 amide bonds. The van der Waals surface area contributed by atoms with Crippen LogP contribution in [0.4, 0.5) is 14.9 Å².